The lowest BCUT2D eigenvalue weighted by molar-refractivity contribution is -0.386. The topological polar surface area (TPSA) is 118 Å². The molecule has 1 aromatic heterocycles. The van der Waals surface area contributed by atoms with Crippen molar-refractivity contribution in [1.29, 1.82) is 0 Å². The Kier molecular flexibility index (Phi) is 8.47. The van der Waals surface area contributed by atoms with Crippen LogP contribution < -0.4 is 14.6 Å². The number of benzene rings is 2. The number of nitrogens with zero attached hydrogens (tertiary/aromatic N) is 2. The molecule has 1 heterocycles. The average Bonchev–Trinajstić information content (AvgIpc) is 2.84. The third-order valence-corrected chi connectivity index (χ3v) is 7.11. The first-order chi connectivity index (χ1) is 16.7. The largest absolute Gasteiger partial charge is 0.494 e. The molecule has 0 saturated heterocycles. The van der Waals surface area contributed by atoms with Gasteiger partial charge in [0.2, 0.25) is 0 Å². The zero-order valence-electron chi connectivity index (χ0n) is 19.0. The highest BCUT2D eigenvalue weighted by molar-refractivity contribution is 9.10. The molecule has 0 unspecified atom stereocenters. The second-order valence-corrected chi connectivity index (χ2v) is 9.80. The molecular formula is C24H23BrN2O7S. The maximum atomic E-state index is 12.9. The van der Waals surface area contributed by atoms with Crippen molar-refractivity contribution in [3.63, 3.8) is 0 Å². The van der Waals surface area contributed by atoms with E-state index in [9.17, 15) is 23.3 Å². The van der Waals surface area contributed by atoms with Gasteiger partial charge < -0.3 is 4.74 Å². The number of rotatable bonds is 10. The Balaban J connectivity index is 2.07. The molecule has 0 aliphatic rings. The van der Waals surface area contributed by atoms with Gasteiger partial charge in [-0.1, -0.05) is 49.8 Å². The van der Waals surface area contributed by atoms with Gasteiger partial charge in [-0.05, 0) is 65.2 Å². The molecule has 2 aromatic carbocycles. The lowest BCUT2D eigenvalue weighted by atomic mass is 10.1. The first-order valence-electron chi connectivity index (χ1n) is 10.7. The number of hydrogen-bond donors (Lipinski definition) is 0. The third kappa shape index (κ3) is 6.17. The summed E-state index contributed by atoms with van der Waals surface area (Å²) in [5, 5.41) is 11.9. The molecule has 0 bridgehead atoms. The molecule has 184 valence electrons. The molecule has 0 aliphatic carbocycles. The predicted octanol–water partition coefficient (Wildman–Crippen LogP) is 4.99. The van der Waals surface area contributed by atoms with Gasteiger partial charge in [0.1, 0.15) is 10.6 Å². The van der Waals surface area contributed by atoms with E-state index in [0.717, 1.165) is 12.8 Å². The molecule has 0 atom stereocenters. The van der Waals surface area contributed by atoms with Crippen molar-refractivity contribution in [2.75, 3.05) is 6.61 Å². The quantitative estimate of drug-likeness (QED) is 0.194. The summed E-state index contributed by atoms with van der Waals surface area (Å²) in [6, 6.07) is 14.1. The van der Waals surface area contributed by atoms with Crippen LogP contribution in [-0.2, 0) is 10.1 Å². The number of hydrogen-bond acceptors (Lipinski definition) is 7. The third-order valence-electron chi connectivity index (χ3n) is 4.99. The predicted molar refractivity (Wildman–Crippen MR) is 136 cm³/mol. The zero-order valence-corrected chi connectivity index (χ0v) is 21.4. The highest BCUT2D eigenvalue weighted by Crippen LogP contribution is 2.29. The van der Waals surface area contributed by atoms with Gasteiger partial charge in [0.25, 0.3) is 5.56 Å². The van der Waals surface area contributed by atoms with Crippen LogP contribution in [-0.4, -0.2) is 24.7 Å². The Morgan fingerprint density at radius 3 is 2.34 bits per heavy atom. The molecule has 0 saturated carbocycles. The molecule has 3 rings (SSSR count). The fourth-order valence-corrected chi connectivity index (χ4v) is 4.38. The number of ether oxygens (including phenoxy) is 1. The maximum absolute atomic E-state index is 12.9. The van der Waals surface area contributed by atoms with Gasteiger partial charge in [-0.15, -0.1) is 4.73 Å². The van der Waals surface area contributed by atoms with Crippen molar-refractivity contribution in [2.24, 2.45) is 0 Å². The molecule has 0 fully saturated rings. The molecule has 0 radical (unpaired) electrons. The summed E-state index contributed by atoms with van der Waals surface area (Å²) in [5.41, 5.74) is -1.02. The van der Waals surface area contributed by atoms with Gasteiger partial charge in [-0.2, -0.15) is 8.42 Å². The molecule has 11 heteroatoms. The Hall–Kier alpha value is -3.44. The first-order valence-corrected chi connectivity index (χ1v) is 12.9. The van der Waals surface area contributed by atoms with Crippen molar-refractivity contribution in [3.05, 3.63) is 96.4 Å². The van der Waals surface area contributed by atoms with Gasteiger partial charge in [0, 0.05) is 5.56 Å². The second-order valence-electron chi connectivity index (χ2n) is 7.48. The highest BCUT2D eigenvalue weighted by Gasteiger charge is 2.29. The number of unbranched alkanes of at least 4 members (excludes halogenated alkanes) is 1. The lowest BCUT2D eigenvalue weighted by Crippen LogP contribution is -2.34. The molecule has 0 aliphatic heterocycles. The summed E-state index contributed by atoms with van der Waals surface area (Å²) in [7, 11) is -4.46. The van der Waals surface area contributed by atoms with Crippen LogP contribution in [0.4, 0.5) is 5.69 Å². The average molecular weight is 563 g/mol. The summed E-state index contributed by atoms with van der Waals surface area (Å²) in [6.45, 7) is 4.05. The number of aromatic nitrogens is 1. The minimum atomic E-state index is -4.46. The van der Waals surface area contributed by atoms with E-state index in [-0.39, 0.29) is 20.6 Å². The van der Waals surface area contributed by atoms with Crippen LogP contribution in [0.15, 0.2) is 68.8 Å². The minimum absolute atomic E-state index is 0.0382. The van der Waals surface area contributed by atoms with Crippen LogP contribution in [0.2, 0.25) is 0 Å². The Morgan fingerprint density at radius 1 is 1.09 bits per heavy atom. The van der Waals surface area contributed by atoms with Gasteiger partial charge in [-0.3, -0.25) is 19.2 Å². The minimum Gasteiger partial charge on any atom is -0.494 e. The van der Waals surface area contributed by atoms with E-state index in [0.29, 0.717) is 22.7 Å². The van der Waals surface area contributed by atoms with Gasteiger partial charge in [0.05, 0.1) is 16.0 Å². The molecular weight excluding hydrogens is 540 g/mol. The van der Waals surface area contributed by atoms with Crippen LogP contribution in [0.5, 0.6) is 5.75 Å². The van der Waals surface area contributed by atoms with E-state index >= 15 is 0 Å². The van der Waals surface area contributed by atoms with Crippen molar-refractivity contribution in [3.8, 4) is 5.75 Å². The Morgan fingerprint density at radius 2 is 1.74 bits per heavy atom. The normalized spacial score (nSPS) is 11.5. The molecule has 35 heavy (non-hydrogen) atoms. The summed E-state index contributed by atoms with van der Waals surface area (Å²) in [4.78, 5) is 23.9. The lowest BCUT2D eigenvalue weighted by Gasteiger charge is -2.14. The van der Waals surface area contributed by atoms with Gasteiger partial charge >= 0.3 is 15.8 Å². The SMILES string of the molecule is CCCCOc1ccc(/C=C/c2c([N+](=O)[O-])c(C)c(Br)c(=O)n2OS(=O)(=O)c2ccccc2)cc1. The molecule has 9 nitrogen and oxygen atoms in total. The number of halogens is 1. The Bertz CT molecular complexity index is 1400. The van der Waals surface area contributed by atoms with Gasteiger partial charge in [0.15, 0.2) is 5.69 Å². The maximum Gasteiger partial charge on any atom is 0.357 e. The smallest absolute Gasteiger partial charge is 0.357 e. The van der Waals surface area contributed by atoms with Crippen molar-refractivity contribution >= 4 is 43.9 Å². The number of nitro groups is 1. The van der Waals surface area contributed by atoms with Crippen LogP contribution >= 0.6 is 15.9 Å². The van der Waals surface area contributed by atoms with Crippen LogP contribution in [0.3, 0.4) is 0 Å². The Labute approximate surface area is 211 Å². The van der Waals surface area contributed by atoms with Crippen molar-refractivity contribution in [2.45, 2.75) is 31.6 Å². The van der Waals surface area contributed by atoms with E-state index in [4.69, 9.17) is 9.02 Å². The van der Waals surface area contributed by atoms with Crippen LogP contribution in [0, 0.1) is 17.0 Å². The summed E-state index contributed by atoms with van der Waals surface area (Å²) in [5.74, 6) is 0.676. The molecule has 3 aromatic rings. The van der Waals surface area contributed by atoms with Crippen LogP contribution in [0.25, 0.3) is 12.2 Å². The summed E-state index contributed by atoms with van der Waals surface area (Å²) < 4.78 is 36.6. The standard InChI is InChI=1S/C24H23BrN2O7S/c1-3-4-16-33-19-13-10-18(11-14-19)12-15-21-23(27(29)30)17(2)22(25)24(28)26(21)34-35(31,32)20-8-6-5-7-9-20/h5-15H,3-4,16H2,1-2H3/b15-12+. The monoisotopic (exact) mass is 562 g/mol. The van der Waals surface area contributed by atoms with E-state index < -0.39 is 26.3 Å². The van der Waals surface area contributed by atoms with E-state index in [1.807, 2.05) is 0 Å². The van der Waals surface area contributed by atoms with Crippen LogP contribution in [0.1, 0.15) is 36.6 Å². The molecule has 0 spiro atoms. The van der Waals surface area contributed by atoms with E-state index in [1.165, 1.54) is 43.3 Å². The fraction of sp³-hybridized carbons (Fsp3) is 0.208. The summed E-state index contributed by atoms with van der Waals surface area (Å²) >= 11 is 3.03. The van der Waals surface area contributed by atoms with E-state index in [2.05, 4.69) is 22.9 Å². The van der Waals surface area contributed by atoms with Crippen molar-refractivity contribution < 1.29 is 22.4 Å². The van der Waals surface area contributed by atoms with Crippen molar-refractivity contribution in [1.82, 2.24) is 4.73 Å². The fourth-order valence-electron chi connectivity index (χ4n) is 3.12. The molecule has 0 N–H and O–H groups in total. The highest BCUT2D eigenvalue weighted by atomic mass is 79.9. The van der Waals surface area contributed by atoms with E-state index in [1.54, 1.807) is 30.3 Å². The zero-order chi connectivity index (χ0) is 25.6. The molecule has 0 amide bonds. The van der Waals surface area contributed by atoms with Gasteiger partial charge in [-0.25, -0.2) is 0 Å². The second kappa shape index (κ2) is 11.3. The number of pyridine rings is 1. The first kappa shape index (κ1) is 26.2. The summed E-state index contributed by atoms with van der Waals surface area (Å²) in [6.07, 6.45) is 4.72.